The van der Waals surface area contributed by atoms with E-state index in [0.717, 1.165) is 14.6 Å². The van der Waals surface area contributed by atoms with Gasteiger partial charge in [0.25, 0.3) is 5.91 Å². The number of thiazole rings is 1. The number of fused-ring (bicyclic) bond motifs is 1. The first-order valence-electron chi connectivity index (χ1n) is 8.78. The molecule has 0 radical (unpaired) electrons. The van der Waals surface area contributed by atoms with Crippen molar-refractivity contribution in [2.45, 2.75) is 4.34 Å². The second kappa shape index (κ2) is 8.78. The van der Waals surface area contributed by atoms with Crippen LogP contribution in [0, 0.1) is 0 Å². The molecule has 0 bridgehead atoms. The van der Waals surface area contributed by atoms with E-state index in [1.807, 2.05) is 42.5 Å². The number of ketones is 1. The molecular formula is C22H15ClN2O2S2. The van der Waals surface area contributed by atoms with E-state index < -0.39 is 0 Å². The van der Waals surface area contributed by atoms with Crippen LogP contribution in [0.3, 0.4) is 0 Å². The second-order valence-corrected chi connectivity index (χ2v) is 8.83. The van der Waals surface area contributed by atoms with Crippen molar-refractivity contribution in [2.75, 3.05) is 11.1 Å². The van der Waals surface area contributed by atoms with Gasteiger partial charge in [0.1, 0.15) is 0 Å². The van der Waals surface area contributed by atoms with Gasteiger partial charge in [-0.1, -0.05) is 65.8 Å². The molecule has 144 valence electrons. The van der Waals surface area contributed by atoms with Gasteiger partial charge in [-0.25, -0.2) is 4.98 Å². The summed E-state index contributed by atoms with van der Waals surface area (Å²) in [4.78, 5) is 29.3. The van der Waals surface area contributed by atoms with Crippen LogP contribution in [-0.2, 0) is 0 Å². The Morgan fingerprint density at radius 1 is 1.00 bits per heavy atom. The SMILES string of the molecule is O=C(CSc1nc2ccc(NC(=O)c3ccccc3Cl)cc2s1)c1ccccc1. The molecule has 0 spiro atoms. The zero-order valence-corrected chi connectivity index (χ0v) is 17.5. The number of carbonyl (C=O) groups excluding carboxylic acids is 2. The first-order valence-corrected chi connectivity index (χ1v) is 11.0. The van der Waals surface area contributed by atoms with Crippen LogP contribution in [0.4, 0.5) is 5.69 Å². The number of nitrogens with zero attached hydrogens (tertiary/aromatic N) is 1. The molecule has 0 unspecified atom stereocenters. The molecule has 1 N–H and O–H groups in total. The average Bonchev–Trinajstić information content (AvgIpc) is 3.15. The van der Waals surface area contributed by atoms with Crippen molar-refractivity contribution in [3.05, 3.63) is 88.9 Å². The van der Waals surface area contributed by atoms with Gasteiger partial charge in [0.15, 0.2) is 10.1 Å². The maximum Gasteiger partial charge on any atom is 0.257 e. The van der Waals surface area contributed by atoms with Gasteiger partial charge in [-0.3, -0.25) is 9.59 Å². The van der Waals surface area contributed by atoms with Gasteiger partial charge in [-0.2, -0.15) is 0 Å². The van der Waals surface area contributed by atoms with Gasteiger partial charge >= 0.3 is 0 Å². The Labute approximate surface area is 180 Å². The molecular weight excluding hydrogens is 424 g/mol. The fourth-order valence-electron chi connectivity index (χ4n) is 2.72. The standard InChI is InChI=1S/C22H15ClN2O2S2/c23-17-9-5-4-8-16(17)21(27)24-15-10-11-18-20(12-15)29-22(25-18)28-13-19(26)14-6-2-1-3-7-14/h1-12H,13H2,(H,24,27). The summed E-state index contributed by atoms with van der Waals surface area (Å²) in [5.41, 5.74) is 2.63. The van der Waals surface area contributed by atoms with Crippen molar-refractivity contribution in [3.63, 3.8) is 0 Å². The predicted octanol–water partition coefficient (Wildman–Crippen LogP) is 6.18. The van der Waals surface area contributed by atoms with Crippen LogP contribution in [0.2, 0.25) is 5.02 Å². The summed E-state index contributed by atoms with van der Waals surface area (Å²) in [6.45, 7) is 0. The van der Waals surface area contributed by atoms with Gasteiger partial charge < -0.3 is 5.32 Å². The summed E-state index contributed by atoms with van der Waals surface area (Å²) in [5.74, 6) is 0.144. The minimum Gasteiger partial charge on any atom is -0.322 e. The zero-order chi connectivity index (χ0) is 20.2. The van der Waals surface area contributed by atoms with Gasteiger partial charge in [0.2, 0.25) is 0 Å². The maximum atomic E-state index is 12.4. The van der Waals surface area contributed by atoms with E-state index in [-0.39, 0.29) is 11.7 Å². The lowest BCUT2D eigenvalue weighted by molar-refractivity contribution is 0.101. The first-order chi connectivity index (χ1) is 14.1. The number of hydrogen-bond acceptors (Lipinski definition) is 5. The number of Topliss-reactive ketones (excluding diaryl/α,β-unsaturated/α-hetero) is 1. The van der Waals surface area contributed by atoms with E-state index in [2.05, 4.69) is 10.3 Å². The van der Waals surface area contributed by atoms with Gasteiger partial charge in [0, 0.05) is 11.3 Å². The number of aromatic nitrogens is 1. The lowest BCUT2D eigenvalue weighted by Crippen LogP contribution is -2.12. The monoisotopic (exact) mass is 438 g/mol. The van der Waals surface area contributed by atoms with Crippen molar-refractivity contribution in [1.82, 2.24) is 4.98 Å². The van der Waals surface area contributed by atoms with Crippen molar-refractivity contribution in [2.24, 2.45) is 0 Å². The number of thioether (sulfide) groups is 1. The Kier molecular flexibility index (Phi) is 5.94. The predicted molar refractivity (Wildman–Crippen MR) is 121 cm³/mol. The van der Waals surface area contributed by atoms with Crippen LogP contribution >= 0.6 is 34.7 Å². The Hall–Kier alpha value is -2.67. The molecule has 1 heterocycles. The third kappa shape index (κ3) is 4.67. The quantitative estimate of drug-likeness (QED) is 0.288. The summed E-state index contributed by atoms with van der Waals surface area (Å²) >= 11 is 9.01. The van der Waals surface area contributed by atoms with Gasteiger partial charge in [0.05, 0.1) is 26.6 Å². The lowest BCUT2D eigenvalue weighted by Gasteiger charge is -2.06. The van der Waals surface area contributed by atoms with Crippen molar-refractivity contribution >= 4 is 62.3 Å². The number of hydrogen-bond donors (Lipinski definition) is 1. The highest BCUT2D eigenvalue weighted by molar-refractivity contribution is 8.01. The van der Waals surface area contributed by atoms with E-state index in [1.54, 1.807) is 30.3 Å². The third-order valence-electron chi connectivity index (χ3n) is 4.17. The second-order valence-electron chi connectivity index (χ2n) is 6.17. The van der Waals surface area contributed by atoms with Crippen molar-refractivity contribution in [3.8, 4) is 0 Å². The minimum absolute atomic E-state index is 0.0718. The number of benzene rings is 3. The normalized spacial score (nSPS) is 10.8. The van der Waals surface area contributed by atoms with Crippen LogP contribution in [0.25, 0.3) is 10.2 Å². The summed E-state index contributed by atoms with van der Waals surface area (Å²) in [6.07, 6.45) is 0. The molecule has 4 rings (SSSR count). The number of halogens is 1. The highest BCUT2D eigenvalue weighted by Gasteiger charge is 2.12. The van der Waals surface area contributed by atoms with Crippen LogP contribution < -0.4 is 5.32 Å². The molecule has 0 fully saturated rings. The smallest absolute Gasteiger partial charge is 0.257 e. The summed E-state index contributed by atoms with van der Waals surface area (Å²) < 4.78 is 1.76. The molecule has 7 heteroatoms. The fourth-order valence-corrected chi connectivity index (χ4v) is 4.95. The average molecular weight is 439 g/mol. The molecule has 1 aromatic heterocycles. The van der Waals surface area contributed by atoms with E-state index in [1.165, 1.54) is 23.1 Å². The van der Waals surface area contributed by atoms with E-state index >= 15 is 0 Å². The Morgan fingerprint density at radius 2 is 1.76 bits per heavy atom. The Bertz CT molecular complexity index is 1190. The third-order valence-corrected chi connectivity index (χ3v) is 6.66. The summed E-state index contributed by atoms with van der Waals surface area (Å²) in [6, 6.07) is 21.7. The number of anilines is 1. The molecule has 29 heavy (non-hydrogen) atoms. The lowest BCUT2D eigenvalue weighted by atomic mass is 10.2. The molecule has 4 aromatic rings. The highest BCUT2D eigenvalue weighted by Crippen LogP contribution is 2.32. The highest BCUT2D eigenvalue weighted by atomic mass is 35.5. The van der Waals surface area contributed by atoms with Crippen LogP contribution in [0.15, 0.2) is 77.1 Å². The van der Waals surface area contributed by atoms with Crippen LogP contribution in [0.1, 0.15) is 20.7 Å². The van der Waals surface area contributed by atoms with Gasteiger partial charge in [-0.15, -0.1) is 11.3 Å². The molecule has 0 saturated heterocycles. The number of carbonyl (C=O) groups is 2. The summed E-state index contributed by atoms with van der Waals surface area (Å²) in [7, 11) is 0. The molecule has 0 atom stereocenters. The summed E-state index contributed by atoms with van der Waals surface area (Å²) in [5, 5.41) is 3.27. The van der Waals surface area contributed by atoms with Crippen LogP contribution in [-0.4, -0.2) is 22.4 Å². The van der Waals surface area contributed by atoms with Crippen molar-refractivity contribution < 1.29 is 9.59 Å². The minimum atomic E-state index is -0.262. The van der Waals surface area contributed by atoms with E-state index in [4.69, 9.17) is 11.6 Å². The molecule has 0 saturated carbocycles. The fraction of sp³-hybridized carbons (Fsp3) is 0.0455. The van der Waals surface area contributed by atoms with Crippen LogP contribution in [0.5, 0.6) is 0 Å². The number of amides is 1. The molecule has 1 amide bonds. The molecule has 3 aromatic carbocycles. The molecule has 0 aliphatic carbocycles. The van der Waals surface area contributed by atoms with E-state index in [9.17, 15) is 9.59 Å². The zero-order valence-electron chi connectivity index (χ0n) is 15.1. The topological polar surface area (TPSA) is 59.1 Å². The van der Waals surface area contributed by atoms with E-state index in [0.29, 0.717) is 27.6 Å². The molecule has 0 aliphatic heterocycles. The molecule has 0 aliphatic rings. The number of nitrogens with one attached hydrogen (secondary N) is 1. The number of rotatable bonds is 6. The largest absolute Gasteiger partial charge is 0.322 e. The van der Waals surface area contributed by atoms with Crippen molar-refractivity contribution in [1.29, 1.82) is 0 Å². The Balaban J connectivity index is 1.46. The maximum absolute atomic E-state index is 12.4. The molecule has 4 nitrogen and oxygen atoms in total. The Morgan fingerprint density at radius 3 is 2.55 bits per heavy atom. The first kappa shape index (κ1) is 19.6. The van der Waals surface area contributed by atoms with Gasteiger partial charge in [-0.05, 0) is 30.3 Å².